The zero-order valence-corrected chi connectivity index (χ0v) is 11.4. The van der Waals surface area contributed by atoms with Gasteiger partial charge in [-0.05, 0) is 33.2 Å². The van der Waals surface area contributed by atoms with Crippen LogP contribution in [-0.2, 0) is 7.05 Å². The molecule has 0 bridgehead atoms. The van der Waals surface area contributed by atoms with Gasteiger partial charge in [-0.1, -0.05) is 0 Å². The van der Waals surface area contributed by atoms with E-state index < -0.39 is 0 Å². The first kappa shape index (κ1) is 13.1. The smallest absolute Gasteiger partial charge is 0.274 e. The monoisotopic (exact) mass is 250 g/mol. The van der Waals surface area contributed by atoms with Crippen LogP contribution in [0.1, 0.15) is 37.2 Å². The Bertz CT molecular complexity index is 407. The Labute approximate surface area is 108 Å². The summed E-state index contributed by atoms with van der Waals surface area (Å²) in [7, 11) is 1.88. The minimum absolute atomic E-state index is 0.0271. The van der Waals surface area contributed by atoms with Gasteiger partial charge in [-0.2, -0.15) is 0 Å². The van der Waals surface area contributed by atoms with E-state index in [2.05, 4.69) is 24.1 Å². The van der Waals surface area contributed by atoms with Crippen LogP contribution in [0.2, 0.25) is 0 Å². The Hall–Kier alpha value is -1.36. The largest absolute Gasteiger partial charge is 0.340 e. The quantitative estimate of drug-likeness (QED) is 0.868. The highest BCUT2D eigenvalue weighted by Gasteiger charge is 2.25. The third-order valence-electron chi connectivity index (χ3n) is 3.39. The molecule has 0 saturated carbocycles. The van der Waals surface area contributed by atoms with Gasteiger partial charge < -0.3 is 14.8 Å². The van der Waals surface area contributed by atoms with Crippen LogP contribution in [0.15, 0.2) is 12.5 Å². The van der Waals surface area contributed by atoms with Crippen LogP contribution < -0.4 is 5.32 Å². The Kier molecular flexibility index (Phi) is 4.01. The van der Waals surface area contributed by atoms with E-state index in [9.17, 15) is 4.79 Å². The minimum Gasteiger partial charge on any atom is -0.340 e. The molecule has 1 N–H and O–H groups in total. The van der Waals surface area contributed by atoms with Crippen molar-refractivity contribution in [2.24, 2.45) is 7.05 Å². The summed E-state index contributed by atoms with van der Waals surface area (Å²) in [5, 5.41) is 3.43. The third kappa shape index (κ3) is 2.90. The van der Waals surface area contributed by atoms with Crippen molar-refractivity contribution in [3.05, 3.63) is 18.2 Å². The van der Waals surface area contributed by atoms with Crippen molar-refractivity contribution in [2.75, 3.05) is 13.1 Å². The Morgan fingerprint density at radius 3 is 2.94 bits per heavy atom. The van der Waals surface area contributed by atoms with Gasteiger partial charge in [0.25, 0.3) is 5.91 Å². The molecular formula is C13H22N4O. The summed E-state index contributed by atoms with van der Waals surface area (Å²) in [6.45, 7) is 5.94. The first-order valence-corrected chi connectivity index (χ1v) is 6.60. The summed E-state index contributed by atoms with van der Waals surface area (Å²) < 4.78 is 1.81. The van der Waals surface area contributed by atoms with E-state index in [1.54, 1.807) is 17.1 Å². The predicted molar refractivity (Wildman–Crippen MR) is 70.4 cm³/mol. The van der Waals surface area contributed by atoms with Crippen molar-refractivity contribution < 1.29 is 4.79 Å². The standard InChI is InChI=1S/C13H22N4O/c1-10(2)17(7-11-5-4-6-14-11)13(18)12-8-16(3)9-15-12/h8-11,14H,4-7H2,1-3H3. The van der Waals surface area contributed by atoms with Crippen molar-refractivity contribution in [2.45, 2.75) is 38.8 Å². The molecule has 0 aromatic carbocycles. The molecule has 2 rings (SSSR count). The van der Waals surface area contributed by atoms with E-state index >= 15 is 0 Å². The Balaban J connectivity index is 2.06. The topological polar surface area (TPSA) is 50.2 Å². The Morgan fingerprint density at radius 1 is 1.67 bits per heavy atom. The zero-order valence-electron chi connectivity index (χ0n) is 11.4. The molecule has 1 aliphatic rings. The lowest BCUT2D eigenvalue weighted by Crippen LogP contribution is -2.44. The number of aryl methyl sites for hydroxylation is 1. The van der Waals surface area contributed by atoms with E-state index in [4.69, 9.17) is 0 Å². The summed E-state index contributed by atoms with van der Waals surface area (Å²) in [5.41, 5.74) is 0.532. The van der Waals surface area contributed by atoms with Crippen molar-refractivity contribution in [3.8, 4) is 0 Å². The lowest BCUT2D eigenvalue weighted by atomic mass is 10.2. The summed E-state index contributed by atoms with van der Waals surface area (Å²) in [6.07, 6.45) is 5.80. The molecule has 0 aliphatic carbocycles. The number of amides is 1. The molecule has 1 unspecified atom stereocenters. The number of rotatable bonds is 4. The summed E-state index contributed by atoms with van der Waals surface area (Å²) in [4.78, 5) is 18.5. The molecular weight excluding hydrogens is 228 g/mol. The third-order valence-corrected chi connectivity index (χ3v) is 3.39. The average Bonchev–Trinajstić information content (AvgIpc) is 2.95. The van der Waals surface area contributed by atoms with Gasteiger partial charge in [0.2, 0.25) is 0 Å². The molecule has 1 aromatic rings. The van der Waals surface area contributed by atoms with Gasteiger partial charge in [0.05, 0.1) is 6.33 Å². The van der Waals surface area contributed by atoms with Crippen molar-refractivity contribution in [1.29, 1.82) is 0 Å². The van der Waals surface area contributed by atoms with Crippen LogP contribution in [0.3, 0.4) is 0 Å². The number of hydrogen-bond acceptors (Lipinski definition) is 3. The average molecular weight is 250 g/mol. The van der Waals surface area contributed by atoms with Crippen LogP contribution in [-0.4, -0.2) is 45.5 Å². The SMILES string of the molecule is CC(C)N(CC1CCCN1)C(=O)c1cn(C)cn1. The van der Waals surface area contributed by atoms with Crippen molar-refractivity contribution in [1.82, 2.24) is 19.8 Å². The molecule has 0 radical (unpaired) electrons. The molecule has 18 heavy (non-hydrogen) atoms. The minimum atomic E-state index is 0.0271. The molecule has 1 aliphatic heterocycles. The fraction of sp³-hybridized carbons (Fsp3) is 0.692. The van der Waals surface area contributed by atoms with Crippen molar-refractivity contribution >= 4 is 5.91 Å². The van der Waals surface area contributed by atoms with Gasteiger partial charge in [-0.25, -0.2) is 4.98 Å². The normalized spacial score (nSPS) is 19.4. The fourth-order valence-corrected chi connectivity index (χ4v) is 2.35. The van der Waals surface area contributed by atoms with Gasteiger partial charge >= 0.3 is 0 Å². The van der Waals surface area contributed by atoms with Crippen LogP contribution in [0.5, 0.6) is 0 Å². The number of carbonyl (C=O) groups is 1. The van der Waals surface area contributed by atoms with E-state index in [1.807, 2.05) is 11.9 Å². The summed E-state index contributed by atoms with van der Waals surface area (Å²) in [5.74, 6) is 0.0271. The van der Waals surface area contributed by atoms with Gasteiger partial charge in [-0.3, -0.25) is 4.79 Å². The molecule has 5 heteroatoms. The van der Waals surface area contributed by atoms with Crippen LogP contribution in [0.25, 0.3) is 0 Å². The fourth-order valence-electron chi connectivity index (χ4n) is 2.35. The lowest BCUT2D eigenvalue weighted by Gasteiger charge is -2.28. The second kappa shape index (κ2) is 5.52. The van der Waals surface area contributed by atoms with Crippen LogP contribution >= 0.6 is 0 Å². The van der Waals surface area contributed by atoms with Gasteiger partial charge in [0, 0.05) is 31.9 Å². The van der Waals surface area contributed by atoms with E-state index in [-0.39, 0.29) is 11.9 Å². The maximum atomic E-state index is 12.4. The second-order valence-electron chi connectivity index (χ2n) is 5.27. The van der Waals surface area contributed by atoms with E-state index in [0.717, 1.165) is 19.5 Å². The number of nitrogens with one attached hydrogen (secondary N) is 1. The predicted octanol–water partition coefficient (Wildman–Crippen LogP) is 1.02. The highest BCUT2D eigenvalue weighted by Crippen LogP contribution is 2.12. The van der Waals surface area contributed by atoms with Gasteiger partial charge in [0.15, 0.2) is 0 Å². The van der Waals surface area contributed by atoms with Crippen LogP contribution in [0.4, 0.5) is 0 Å². The molecule has 0 spiro atoms. The first-order chi connectivity index (χ1) is 8.58. The maximum Gasteiger partial charge on any atom is 0.274 e. The van der Waals surface area contributed by atoms with Crippen molar-refractivity contribution in [3.63, 3.8) is 0 Å². The second-order valence-corrected chi connectivity index (χ2v) is 5.27. The van der Waals surface area contributed by atoms with Gasteiger partial charge in [-0.15, -0.1) is 0 Å². The summed E-state index contributed by atoms with van der Waals surface area (Å²) >= 11 is 0. The number of nitrogens with zero attached hydrogens (tertiary/aromatic N) is 3. The number of hydrogen-bond donors (Lipinski definition) is 1. The molecule has 1 aromatic heterocycles. The number of imidazole rings is 1. The number of carbonyl (C=O) groups excluding carboxylic acids is 1. The highest BCUT2D eigenvalue weighted by molar-refractivity contribution is 5.92. The molecule has 5 nitrogen and oxygen atoms in total. The zero-order chi connectivity index (χ0) is 13.1. The van der Waals surface area contributed by atoms with E-state index in [0.29, 0.717) is 11.7 Å². The molecule has 1 atom stereocenters. The Morgan fingerprint density at radius 2 is 2.44 bits per heavy atom. The molecule has 100 valence electrons. The first-order valence-electron chi connectivity index (χ1n) is 6.60. The summed E-state index contributed by atoms with van der Waals surface area (Å²) in [6, 6.07) is 0.627. The van der Waals surface area contributed by atoms with E-state index in [1.165, 1.54) is 6.42 Å². The maximum absolute atomic E-state index is 12.4. The molecule has 2 heterocycles. The molecule has 1 amide bonds. The number of aromatic nitrogens is 2. The van der Waals surface area contributed by atoms with Gasteiger partial charge in [0.1, 0.15) is 5.69 Å². The molecule has 1 saturated heterocycles. The van der Waals surface area contributed by atoms with Crippen LogP contribution in [0, 0.1) is 0 Å². The lowest BCUT2D eigenvalue weighted by molar-refractivity contribution is 0.0683. The highest BCUT2D eigenvalue weighted by atomic mass is 16.2. The molecule has 1 fully saturated rings.